The van der Waals surface area contributed by atoms with Crippen molar-refractivity contribution in [2.24, 2.45) is 0 Å². The van der Waals surface area contributed by atoms with E-state index in [-0.39, 0.29) is 18.5 Å². The predicted molar refractivity (Wildman–Crippen MR) is 150 cm³/mol. The minimum atomic E-state index is -3.84. The first-order valence-electron chi connectivity index (χ1n) is 12.1. The molecular formula is C28H32ClN3O5S. The molecule has 1 atom stereocenters. The average molecular weight is 558 g/mol. The molecule has 0 bridgehead atoms. The van der Waals surface area contributed by atoms with Crippen molar-refractivity contribution in [1.29, 1.82) is 0 Å². The third kappa shape index (κ3) is 8.22. The monoisotopic (exact) mass is 557 g/mol. The number of halogens is 1. The summed E-state index contributed by atoms with van der Waals surface area (Å²) in [7, 11) is -3.84. The number of para-hydroxylation sites is 1. The molecule has 0 saturated carbocycles. The second kappa shape index (κ2) is 12.8. The van der Waals surface area contributed by atoms with Gasteiger partial charge in [0.25, 0.3) is 0 Å². The summed E-state index contributed by atoms with van der Waals surface area (Å²) in [4.78, 5) is 27.8. The van der Waals surface area contributed by atoms with Crippen LogP contribution >= 0.6 is 11.6 Å². The van der Waals surface area contributed by atoms with Crippen molar-refractivity contribution in [1.82, 2.24) is 10.2 Å². The normalized spacial score (nSPS) is 12.1. The lowest BCUT2D eigenvalue weighted by Crippen LogP contribution is -2.52. The molecule has 3 aromatic carbocycles. The number of benzene rings is 3. The van der Waals surface area contributed by atoms with Gasteiger partial charge in [-0.1, -0.05) is 41.9 Å². The fraction of sp³-hybridized carbons (Fsp3) is 0.286. The van der Waals surface area contributed by atoms with Crippen LogP contribution in [-0.4, -0.2) is 50.0 Å². The molecule has 0 heterocycles. The van der Waals surface area contributed by atoms with Crippen LogP contribution in [0.4, 0.5) is 5.69 Å². The van der Waals surface area contributed by atoms with E-state index in [0.717, 1.165) is 10.6 Å². The number of carbonyl (C=O) groups excluding carboxylic acids is 2. The zero-order valence-electron chi connectivity index (χ0n) is 21.8. The highest BCUT2D eigenvalue weighted by atomic mass is 35.5. The van der Waals surface area contributed by atoms with Crippen molar-refractivity contribution in [2.75, 3.05) is 17.1 Å². The Kier molecular flexibility index (Phi) is 9.77. The minimum absolute atomic E-state index is 0.0769. The van der Waals surface area contributed by atoms with E-state index in [2.05, 4.69) is 5.32 Å². The number of hydrogen-bond donors (Lipinski definition) is 1. The molecule has 0 aliphatic carbocycles. The molecule has 0 spiro atoms. The van der Waals surface area contributed by atoms with Crippen molar-refractivity contribution in [3.63, 3.8) is 0 Å². The molecule has 0 fully saturated rings. The van der Waals surface area contributed by atoms with Gasteiger partial charge >= 0.3 is 0 Å². The number of ether oxygens (including phenoxy) is 1. The maximum Gasteiger partial charge on any atom is 0.244 e. The van der Waals surface area contributed by atoms with Gasteiger partial charge in [0, 0.05) is 17.6 Å². The molecule has 0 radical (unpaired) electrons. The van der Waals surface area contributed by atoms with Crippen LogP contribution < -0.4 is 14.4 Å². The van der Waals surface area contributed by atoms with E-state index in [4.69, 9.17) is 16.3 Å². The quantitative estimate of drug-likeness (QED) is 0.364. The largest absolute Gasteiger partial charge is 0.457 e. The fourth-order valence-electron chi connectivity index (χ4n) is 3.74. The van der Waals surface area contributed by atoms with Crippen molar-refractivity contribution in [2.45, 2.75) is 39.4 Å². The molecule has 0 unspecified atom stereocenters. The molecule has 1 N–H and O–H groups in total. The van der Waals surface area contributed by atoms with Crippen LogP contribution in [-0.2, 0) is 26.2 Å². The van der Waals surface area contributed by atoms with E-state index in [0.29, 0.717) is 27.8 Å². The SMILES string of the molecule is CC(C)NC(=O)[C@H](C)N(Cc1cccc(Cl)c1)C(=O)CN(c1ccc(Oc2ccccc2)cc1)S(C)(=O)=O. The van der Waals surface area contributed by atoms with Gasteiger partial charge in [-0.05, 0) is 74.9 Å². The van der Waals surface area contributed by atoms with E-state index in [9.17, 15) is 18.0 Å². The maximum absolute atomic E-state index is 13.6. The Morgan fingerprint density at radius 2 is 1.55 bits per heavy atom. The molecule has 202 valence electrons. The van der Waals surface area contributed by atoms with E-state index < -0.39 is 28.5 Å². The van der Waals surface area contributed by atoms with Crippen LogP contribution in [0.1, 0.15) is 26.3 Å². The molecule has 0 aromatic heterocycles. The number of hydrogen-bond acceptors (Lipinski definition) is 5. The van der Waals surface area contributed by atoms with Gasteiger partial charge in [0.15, 0.2) is 0 Å². The van der Waals surface area contributed by atoms with Gasteiger partial charge in [0.05, 0.1) is 11.9 Å². The molecule has 10 heteroatoms. The number of sulfonamides is 1. The maximum atomic E-state index is 13.6. The van der Waals surface area contributed by atoms with Gasteiger partial charge in [0.1, 0.15) is 24.1 Å². The summed E-state index contributed by atoms with van der Waals surface area (Å²) in [6.07, 6.45) is 1.03. The summed E-state index contributed by atoms with van der Waals surface area (Å²) >= 11 is 6.13. The van der Waals surface area contributed by atoms with Crippen molar-refractivity contribution in [3.8, 4) is 11.5 Å². The van der Waals surface area contributed by atoms with Gasteiger partial charge in [-0.15, -0.1) is 0 Å². The van der Waals surface area contributed by atoms with E-state index in [1.54, 1.807) is 67.6 Å². The Bertz CT molecular complexity index is 1350. The molecule has 8 nitrogen and oxygen atoms in total. The Morgan fingerprint density at radius 3 is 2.13 bits per heavy atom. The lowest BCUT2D eigenvalue weighted by molar-refractivity contribution is -0.139. The number of rotatable bonds is 11. The first-order chi connectivity index (χ1) is 17.9. The van der Waals surface area contributed by atoms with Gasteiger partial charge in [-0.25, -0.2) is 8.42 Å². The highest BCUT2D eigenvalue weighted by Gasteiger charge is 2.30. The Morgan fingerprint density at radius 1 is 0.921 bits per heavy atom. The summed E-state index contributed by atoms with van der Waals surface area (Å²) < 4.78 is 32.3. The molecule has 0 aliphatic rings. The van der Waals surface area contributed by atoms with E-state index in [1.807, 2.05) is 32.0 Å². The van der Waals surface area contributed by atoms with Gasteiger partial charge < -0.3 is 15.0 Å². The Labute approximate surface area is 229 Å². The average Bonchev–Trinajstić information content (AvgIpc) is 2.85. The van der Waals surface area contributed by atoms with Crippen LogP contribution in [0.2, 0.25) is 5.02 Å². The summed E-state index contributed by atoms with van der Waals surface area (Å²) in [6, 6.07) is 21.6. The van der Waals surface area contributed by atoms with Crippen LogP contribution in [0.25, 0.3) is 0 Å². The van der Waals surface area contributed by atoms with Crippen molar-refractivity contribution >= 4 is 39.1 Å². The Hall–Kier alpha value is -3.56. The summed E-state index contributed by atoms with van der Waals surface area (Å²) in [5.74, 6) is 0.275. The number of anilines is 1. The molecule has 3 rings (SSSR count). The van der Waals surface area contributed by atoms with Crippen LogP contribution in [0.15, 0.2) is 78.9 Å². The summed E-state index contributed by atoms with van der Waals surface area (Å²) in [5.41, 5.74) is 1.01. The van der Waals surface area contributed by atoms with Crippen LogP contribution in [0.5, 0.6) is 11.5 Å². The topological polar surface area (TPSA) is 96.0 Å². The van der Waals surface area contributed by atoms with Gasteiger partial charge in [-0.2, -0.15) is 0 Å². The lowest BCUT2D eigenvalue weighted by atomic mass is 10.1. The molecule has 3 aromatic rings. The zero-order valence-corrected chi connectivity index (χ0v) is 23.4. The number of carbonyl (C=O) groups is 2. The minimum Gasteiger partial charge on any atom is -0.457 e. The number of nitrogens with one attached hydrogen (secondary N) is 1. The molecular weight excluding hydrogens is 526 g/mol. The smallest absolute Gasteiger partial charge is 0.244 e. The first kappa shape index (κ1) is 29.0. The number of nitrogens with zero attached hydrogens (tertiary/aromatic N) is 2. The second-order valence-corrected chi connectivity index (χ2v) is 11.5. The van der Waals surface area contributed by atoms with Gasteiger partial charge in [-0.3, -0.25) is 13.9 Å². The van der Waals surface area contributed by atoms with E-state index >= 15 is 0 Å². The Balaban J connectivity index is 1.86. The third-order valence-electron chi connectivity index (χ3n) is 5.62. The highest BCUT2D eigenvalue weighted by Crippen LogP contribution is 2.26. The second-order valence-electron chi connectivity index (χ2n) is 9.17. The lowest BCUT2D eigenvalue weighted by Gasteiger charge is -2.32. The first-order valence-corrected chi connectivity index (χ1v) is 14.3. The van der Waals surface area contributed by atoms with Crippen LogP contribution in [0.3, 0.4) is 0 Å². The summed E-state index contributed by atoms with van der Waals surface area (Å²) in [5, 5.41) is 3.30. The molecule has 38 heavy (non-hydrogen) atoms. The summed E-state index contributed by atoms with van der Waals surface area (Å²) in [6.45, 7) is 4.85. The third-order valence-corrected chi connectivity index (χ3v) is 7.00. The molecule has 0 saturated heterocycles. The molecule has 2 amide bonds. The fourth-order valence-corrected chi connectivity index (χ4v) is 4.80. The zero-order chi connectivity index (χ0) is 27.9. The van der Waals surface area contributed by atoms with Gasteiger partial charge in [0.2, 0.25) is 21.8 Å². The molecule has 0 aliphatic heterocycles. The van der Waals surface area contributed by atoms with Crippen LogP contribution in [0, 0.1) is 0 Å². The standard InChI is InChI=1S/C28H32ClN3O5S/c1-20(2)30-28(34)21(3)31(18-22-9-8-10-23(29)17-22)27(33)19-32(38(4,35)36)24-13-15-26(16-14-24)37-25-11-6-5-7-12-25/h5-17,20-21H,18-19H2,1-4H3,(H,30,34)/t21-/m0/s1. The van der Waals surface area contributed by atoms with Crippen molar-refractivity contribution in [3.05, 3.63) is 89.4 Å². The van der Waals surface area contributed by atoms with E-state index in [1.165, 1.54) is 4.90 Å². The number of amides is 2. The highest BCUT2D eigenvalue weighted by molar-refractivity contribution is 7.92. The van der Waals surface area contributed by atoms with Crippen molar-refractivity contribution < 1.29 is 22.7 Å². The predicted octanol–water partition coefficient (Wildman–Crippen LogP) is 4.84.